The number of imidazole rings is 1. The molecule has 5 nitrogen and oxygen atoms in total. The first-order chi connectivity index (χ1) is 12.9. The number of hydrogen-bond donors (Lipinski definition) is 0. The van der Waals surface area contributed by atoms with Gasteiger partial charge in [-0.15, -0.1) is 0 Å². The first-order valence-electron chi connectivity index (χ1n) is 9.53. The van der Waals surface area contributed by atoms with Crippen molar-refractivity contribution in [2.24, 2.45) is 0 Å². The highest BCUT2D eigenvalue weighted by atomic mass is 16.5. The molecule has 2 aromatic heterocycles. The van der Waals surface area contributed by atoms with E-state index in [1.807, 2.05) is 18.2 Å². The standard InChI is InChI=1S/C21H22N4O/c22-14-17-16(15-7-11-26-12-8-15)13-20(24-9-3-4-10-24)25-19-6-2-1-5-18(19)23-21(17)25/h1-2,5-6,13,15H,3-4,7-12H2. The van der Waals surface area contributed by atoms with Crippen molar-refractivity contribution < 1.29 is 4.74 Å². The van der Waals surface area contributed by atoms with Crippen LogP contribution in [0.1, 0.15) is 42.7 Å². The van der Waals surface area contributed by atoms with Gasteiger partial charge in [0.25, 0.3) is 0 Å². The molecule has 0 amide bonds. The number of fused-ring (bicyclic) bond motifs is 3. The third-order valence-corrected chi connectivity index (χ3v) is 5.79. The smallest absolute Gasteiger partial charge is 0.157 e. The van der Waals surface area contributed by atoms with E-state index in [4.69, 9.17) is 9.72 Å². The van der Waals surface area contributed by atoms with Crippen molar-refractivity contribution in [3.05, 3.63) is 41.5 Å². The van der Waals surface area contributed by atoms with Gasteiger partial charge >= 0.3 is 0 Å². The van der Waals surface area contributed by atoms with Crippen LogP contribution in [0.2, 0.25) is 0 Å². The van der Waals surface area contributed by atoms with Crippen molar-refractivity contribution in [2.45, 2.75) is 31.6 Å². The van der Waals surface area contributed by atoms with E-state index in [0.29, 0.717) is 5.92 Å². The molecule has 0 radical (unpaired) electrons. The summed E-state index contributed by atoms with van der Waals surface area (Å²) in [6, 6.07) is 12.9. The fraction of sp³-hybridized carbons (Fsp3) is 0.429. The van der Waals surface area contributed by atoms with Gasteiger partial charge in [0.15, 0.2) is 5.65 Å². The third-order valence-electron chi connectivity index (χ3n) is 5.79. The summed E-state index contributed by atoms with van der Waals surface area (Å²) in [7, 11) is 0. The lowest BCUT2D eigenvalue weighted by atomic mass is 9.89. The van der Waals surface area contributed by atoms with Crippen LogP contribution < -0.4 is 4.90 Å². The topological polar surface area (TPSA) is 53.6 Å². The molecule has 4 heterocycles. The zero-order valence-corrected chi connectivity index (χ0v) is 14.8. The molecule has 2 saturated heterocycles. The van der Waals surface area contributed by atoms with Crippen LogP contribution in [0.25, 0.3) is 16.7 Å². The second kappa shape index (κ2) is 6.30. The van der Waals surface area contributed by atoms with Gasteiger partial charge in [-0.1, -0.05) is 12.1 Å². The second-order valence-electron chi connectivity index (χ2n) is 7.29. The molecule has 0 spiro atoms. The van der Waals surface area contributed by atoms with Crippen molar-refractivity contribution in [1.29, 1.82) is 5.26 Å². The number of hydrogen-bond acceptors (Lipinski definition) is 4. The van der Waals surface area contributed by atoms with E-state index in [-0.39, 0.29) is 0 Å². The Kier molecular flexibility index (Phi) is 3.79. The van der Waals surface area contributed by atoms with Crippen molar-refractivity contribution in [3.63, 3.8) is 0 Å². The summed E-state index contributed by atoms with van der Waals surface area (Å²) in [6.45, 7) is 3.69. The van der Waals surface area contributed by atoms with Crippen LogP contribution in [0.5, 0.6) is 0 Å². The molecular weight excluding hydrogens is 324 g/mol. The quantitative estimate of drug-likeness (QED) is 0.707. The number of nitriles is 1. The molecule has 5 heteroatoms. The maximum absolute atomic E-state index is 9.98. The van der Waals surface area contributed by atoms with Gasteiger partial charge < -0.3 is 9.64 Å². The van der Waals surface area contributed by atoms with Gasteiger partial charge in [0.2, 0.25) is 0 Å². The summed E-state index contributed by atoms with van der Waals surface area (Å²) in [5.74, 6) is 1.57. The van der Waals surface area contributed by atoms with Crippen molar-refractivity contribution >= 4 is 22.5 Å². The summed E-state index contributed by atoms with van der Waals surface area (Å²) < 4.78 is 7.74. The van der Waals surface area contributed by atoms with Crippen molar-refractivity contribution in [2.75, 3.05) is 31.2 Å². The molecule has 0 atom stereocenters. The van der Waals surface area contributed by atoms with Gasteiger partial charge in [0, 0.05) is 26.3 Å². The van der Waals surface area contributed by atoms with Gasteiger partial charge in [-0.2, -0.15) is 5.26 Å². The summed E-state index contributed by atoms with van der Waals surface area (Å²) in [5.41, 5.74) is 4.73. The van der Waals surface area contributed by atoms with E-state index < -0.39 is 0 Å². The van der Waals surface area contributed by atoms with Gasteiger partial charge in [-0.25, -0.2) is 4.98 Å². The monoisotopic (exact) mass is 346 g/mol. The van der Waals surface area contributed by atoms with Crippen LogP contribution in [0.4, 0.5) is 5.82 Å². The van der Waals surface area contributed by atoms with Crippen LogP contribution in [0, 0.1) is 11.3 Å². The normalized spacial score (nSPS) is 18.7. The number of aromatic nitrogens is 2. The molecule has 0 saturated carbocycles. The summed E-state index contributed by atoms with van der Waals surface area (Å²) in [5, 5.41) is 9.98. The van der Waals surface area contributed by atoms with Crippen LogP contribution in [0.15, 0.2) is 30.3 Å². The number of pyridine rings is 1. The maximum atomic E-state index is 9.98. The van der Waals surface area contributed by atoms with Gasteiger partial charge in [0.1, 0.15) is 11.9 Å². The Morgan fingerprint density at radius 1 is 1.12 bits per heavy atom. The van der Waals surface area contributed by atoms with Gasteiger partial charge in [-0.3, -0.25) is 4.40 Å². The highest BCUT2D eigenvalue weighted by Gasteiger charge is 2.26. The Hall–Kier alpha value is -2.58. The minimum atomic E-state index is 0.379. The number of rotatable bonds is 2. The highest BCUT2D eigenvalue weighted by Crippen LogP contribution is 2.36. The molecule has 2 aliphatic heterocycles. The molecule has 2 aliphatic rings. The van der Waals surface area contributed by atoms with E-state index in [2.05, 4.69) is 27.5 Å². The second-order valence-corrected chi connectivity index (χ2v) is 7.29. The molecule has 132 valence electrons. The Morgan fingerprint density at radius 3 is 2.65 bits per heavy atom. The Morgan fingerprint density at radius 2 is 1.88 bits per heavy atom. The molecule has 2 fully saturated rings. The fourth-order valence-corrected chi connectivity index (χ4v) is 4.45. The molecule has 3 aromatic rings. The lowest BCUT2D eigenvalue weighted by molar-refractivity contribution is 0.0853. The van der Waals surface area contributed by atoms with Crippen LogP contribution in [-0.4, -0.2) is 35.7 Å². The maximum Gasteiger partial charge on any atom is 0.157 e. The van der Waals surface area contributed by atoms with E-state index >= 15 is 0 Å². The van der Waals surface area contributed by atoms with Gasteiger partial charge in [-0.05, 0) is 55.4 Å². The number of para-hydroxylation sites is 2. The minimum Gasteiger partial charge on any atom is -0.381 e. The van der Waals surface area contributed by atoms with E-state index in [1.165, 1.54) is 18.7 Å². The Labute approximate surface area is 152 Å². The SMILES string of the molecule is N#Cc1c(C2CCOCC2)cc(N2CCCC2)n2c1nc1ccccc12. The fourth-order valence-electron chi connectivity index (χ4n) is 4.45. The average molecular weight is 346 g/mol. The number of anilines is 1. The zero-order valence-electron chi connectivity index (χ0n) is 14.8. The molecule has 26 heavy (non-hydrogen) atoms. The average Bonchev–Trinajstić information content (AvgIpc) is 3.35. The van der Waals surface area contributed by atoms with E-state index in [1.54, 1.807) is 0 Å². The summed E-state index contributed by atoms with van der Waals surface area (Å²) in [4.78, 5) is 7.31. The summed E-state index contributed by atoms with van der Waals surface area (Å²) in [6.07, 6.45) is 4.40. The predicted molar refractivity (Wildman–Crippen MR) is 102 cm³/mol. The predicted octanol–water partition coefficient (Wildman–Crippen LogP) is 3.85. The first-order valence-corrected chi connectivity index (χ1v) is 9.53. The number of nitrogens with zero attached hydrogens (tertiary/aromatic N) is 4. The number of benzene rings is 1. The Bertz CT molecular complexity index is 1000. The summed E-state index contributed by atoms with van der Waals surface area (Å²) >= 11 is 0. The first kappa shape index (κ1) is 15.7. The molecule has 0 bridgehead atoms. The number of ether oxygens (including phenoxy) is 1. The minimum absolute atomic E-state index is 0.379. The van der Waals surface area contributed by atoms with E-state index in [9.17, 15) is 5.26 Å². The van der Waals surface area contributed by atoms with Crippen LogP contribution in [-0.2, 0) is 4.74 Å². The third kappa shape index (κ3) is 2.37. The largest absolute Gasteiger partial charge is 0.381 e. The molecule has 5 rings (SSSR count). The van der Waals surface area contributed by atoms with Gasteiger partial charge in [0.05, 0.1) is 16.6 Å². The molecule has 0 N–H and O–H groups in total. The lowest BCUT2D eigenvalue weighted by Gasteiger charge is -2.26. The highest BCUT2D eigenvalue weighted by molar-refractivity contribution is 5.85. The Balaban J connectivity index is 1.82. The van der Waals surface area contributed by atoms with Crippen molar-refractivity contribution in [3.8, 4) is 6.07 Å². The zero-order chi connectivity index (χ0) is 17.5. The molecule has 1 aromatic carbocycles. The molecule has 0 unspecified atom stereocenters. The van der Waals surface area contributed by atoms with Crippen LogP contribution in [0.3, 0.4) is 0 Å². The lowest BCUT2D eigenvalue weighted by Crippen LogP contribution is -2.22. The molecular formula is C21H22N4O. The van der Waals surface area contributed by atoms with E-state index in [0.717, 1.165) is 67.0 Å². The molecule has 0 aliphatic carbocycles. The van der Waals surface area contributed by atoms with Crippen LogP contribution >= 0.6 is 0 Å². The van der Waals surface area contributed by atoms with Crippen molar-refractivity contribution in [1.82, 2.24) is 9.38 Å².